The zero-order valence-electron chi connectivity index (χ0n) is 17.5. The molecule has 1 heterocycles. The van der Waals surface area contributed by atoms with E-state index < -0.39 is 35.2 Å². The summed E-state index contributed by atoms with van der Waals surface area (Å²) in [4.78, 5) is 60.3. The Hall–Kier alpha value is -4.08. The topological polar surface area (TPSA) is 136 Å². The third kappa shape index (κ3) is 4.97. The molecule has 0 fully saturated rings. The lowest BCUT2D eigenvalue weighted by Crippen LogP contribution is -2.34. The molecule has 3 rings (SSSR count). The van der Waals surface area contributed by atoms with Crippen LogP contribution in [0.1, 0.15) is 40.1 Å². The summed E-state index contributed by atoms with van der Waals surface area (Å²) in [7, 11) is 0. The van der Waals surface area contributed by atoms with Gasteiger partial charge >= 0.3 is 5.97 Å². The van der Waals surface area contributed by atoms with Crippen LogP contribution < -0.4 is 10.2 Å². The van der Waals surface area contributed by atoms with Gasteiger partial charge in [-0.3, -0.25) is 29.3 Å². The highest BCUT2D eigenvalue weighted by molar-refractivity contribution is 6.02. The highest BCUT2D eigenvalue weighted by Crippen LogP contribution is 2.29. The van der Waals surface area contributed by atoms with Gasteiger partial charge in [-0.2, -0.15) is 0 Å². The minimum atomic E-state index is -1.08. The summed E-state index contributed by atoms with van der Waals surface area (Å²) in [5.41, 5.74) is 1.76. The zero-order valence-corrected chi connectivity index (χ0v) is 17.5. The number of amides is 2. The number of anilines is 1. The molecular weight excluding hydrogens is 418 g/mol. The molecule has 166 valence electrons. The second-order valence-corrected chi connectivity index (χ2v) is 7.25. The summed E-state index contributed by atoms with van der Waals surface area (Å²) >= 11 is 0. The van der Waals surface area contributed by atoms with Gasteiger partial charge in [0.1, 0.15) is 6.54 Å². The molecule has 0 aliphatic carbocycles. The van der Waals surface area contributed by atoms with E-state index in [1.807, 2.05) is 0 Å². The van der Waals surface area contributed by atoms with Gasteiger partial charge < -0.3 is 15.0 Å². The number of nitro groups is 1. The average Bonchev–Trinajstić information content (AvgIpc) is 3.20. The van der Waals surface area contributed by atoms with Gasteiger partial charge in [0.15, 0.2) is 6.10 Å². The van der Waals surface area contributed by atoms with Crippen LogP contribution in [0.15, 0.2) is 42.5 Å². The van der Waals surface area contributed by atoms with Crippen LogP contribution in [-0.4, -0.2) is 47.7 Å². The van der Waals surface area contributed by atoms with Crippen molar-refractivity contribution < 1.29 is 28.8 Å². The van der Waals surface area contributed by atoms with Crippen molar-refractivity contribution in [2.75, 3.05) is 18.0 Å². The Bertz CT molecular complexity index is 1110. The Morgan fingerprint density at radius 1 is 1.16 bits per heavy atom. The van der Waals surface area contributed by atoms with Crippen LogP contribution in [-0.2, 0) is 20.7 Å². The number of carbonyl (C=O) groups is 4. The predicted molar refractivity (Wildman–Crippen MR) is 113 cm³/mol. The molecule has 10 nitrogen and oxygen atoms in total. The van der Waals surface area contributed by atoms with E-state index in [1.165, 1.54) is 32.0 Å². The number of benzene rings is 2. The maximum Gasteiger partial charge on any atom is 0.326 e. The number of fused-ring (bicyclic) bond motifs is 1. The van der Waals surface area contributed by atoms with Gasteiger partial charge in [-0.15, -0.1) is 0 Å². The fourth-order valence-corrected chi connectivity index (χ4v) is 3.42. The number of Topliss-reactive ketones (excluding diaryl/α,β-unsaturated/α-hetero) is 1. The molecule has 0 saturated heterocycles. The zero-order chi connectivity index (χ0) is 23.4. The molecule has 0 saturated carbocycles. The Kier molecular flexibility index (Phi) is 6.62. The highest BCUT2D eigenvalue weighted by Gasteiger charge is 2.25. The molecular formula is C22H21N3O7. The minimum absolute atomic E-state index is 0.0221. The monoisotopic (exact) mass is 439 g/mol. The molecule has 0 radical (unpaired) electrons. The maximum absolute atomic E-state index is 12.6. The Balaban J connectivity index is 1.56. The maximum atomic E-state index is 12.6. The second kappa shape index (κ2) is 9.38. The van der Waals surface area contributed by atoms with E-state index in [0.717, 1.165) is 17.3 Å². The number of carbonyl (C=O) groups excluding carboxylic acids is 4. The van der Waals surface area contributed by atoms with Crippen molar-refractivity contribution in [3.63, 3.8) is 0 Å². The minimum Gasteiger partial charge on any atom is -0.453 e. The predicted octanol–water partition coefficient (Wildman–Crippen LogP) is 2.05. The van der Waals surface area contributed by atoms with E-state index in [0.29, 0.717) is 18.5 Å². The number of hydrogen-bond acceptors (Lipinski definition) is 7. The van der Waals surface area contributed by atoms with Gasteiger partial charge in [0.05, 0.1) is 4.92 Å². The molecule has 10 heteroatoms. The van der Waals surface area contributed by atoms with Crippen LogP contribution in [0, 0.1) is 10.1 Å². The van der Waals surface area contributed by atoms with Crippen LogP contribution in [0.25, 0.3) is 0 Å². The van der Waals surface area contributed by atoms with Crippen molar-refractivity contribution in [2.24, 2.45) is 0 Å². The van der Waals surface area contributed by atoms with Crippen LogP contribution in [0.5, 0.6) is 0 Å². The SMILES string of the molecule is CC(=O)N1CCc2cc(C(=O)C(C)OC(=O)CNC(=O)c3cccc([N+](=O)[O-])c3)ccc21. The van der Waals surface area contributed by atoms with Crippen LogP contribution in [0.4, 0.5) is 11.4 Å². The number of hydrogen-bond donors (Lipinski definition) is 1. The third-order valence-electron chi connectivity index (χ3n) is 5.03. The smallest absolute Gasteiger partial charge is 0.326 e. The van der Waals surface area contributed by atoms with Crippen LogP contribution in [0.2, 0.25) is 0 Å². The number of ketones is 1. The molecule has 1 N–H and O–H groups in total. The van der Waals surface area contributed by atoms with Crippen LogP contribution >= 0.6 is 0 Å². The summed E-state index contributed by atoms with van der Waals surface area (Å²) in [6, 6.07) is 10.0. The molecule has 32 heavy (non-hydrogen) atoms. The van der Waals surface area contributed by atoms with E-state index >= 15 is 0 Å². The van der Waals surface area contributed by atoms with E-state index in [2.05, 4.69) is 5.32 Å². The first kappa shape index (κ1) is 22.6. The molecule has 2 amide bonds. The first-order chi connectivity index (χ1) is 15.2. The lowest BCUT2D eigenvalue weighted by molar-refractivity contribution is -0.384. The number of nitro benzene ring substituents is 1. The molecule has 0 bridgehead atoms. The lowest BCUT2D eigenvalue weighted by Gasteiger charge is -2.16. The summed E-state index contributed by atoms with van der Waals surface area (Å²) in [5, 5.41) is 13.1. The molecule has 2 aromatic rings. The number of rotatable bonds is 7. The molecule has 1 unspecified atom stereocenters. The molecule has 1 aliphatic rings. The molecule has 0 spiro atoms. The first-order valence-corrected chi connectivity index (χ1v) is 9.84. The van der Waals surface area contributed by atoms with Gasteiger partial charge in [0.25, 0.3) is 11.6 Å². The van der Waals surface area contributed by atoms with Gasteiger partial charge in [0, 0.05) is 42.4 Å². The quantitative estimate of drug-likeness (QED) is 0.302. The van der Waals surface area contributed by atoms with E-state index in [-0.39, 0.29) is 17.2 Å². The van der Waals surface area contributed by atoms with Crippen molar-refractivity contribution >= 4 is 34.9 Å². The van der Waals surface area contributed by atoms with Crippen molar-refractivity contribution in [3.8, 4) is 0 Å². The van der Waals surface area contributed by atoms with Crippen molar-refractivity contribution in [1.82, 2.24) is 5.32 Å². The Morgan fingerprint density at radius 3 is 2.59 bits per heavy atom. The number of esters is 1. The van der Waals surface area contributed by atoms with Gasteiger partial charge in [-0.05, 0) is 43.2 Å². The third-order valence-corrected chi connectivity index (χ3v) is 5.03. The van der Waals surface area contributed by atoms with E-state index in [1.54, 1.807) is 23.1 Å². The standard InChI is InChI=1S/C22H21N3O7/c1-13(21(28)16-6-7-19-15(10-16)8-9-24(19)14(2)26)32-20(27)12-23-22(29)17-4-3-5-18(11-17)25(30)31/h3-7,10-11,13H,8-9,12H2,1-2H3,(H,23,29). The molecule has 0 aromatic heterocycles. The average molecular weight is 439 g/mol. The summed E-state index contributed by atoms with van der Waals surface area (Å²) < 4.78 is 5.12. The molecule has 1 aliphatic heterocycles. The number of non-ortho nitro benzene ring substituents is 1. The van der Waals surface area contributed by atoms with Gasteiger partial charge in [0.2, 0.25) is 11.7 Å². The lowest BCUT2D eigenvalue weighted by atomic mass is 10.0. The van der Waals surface area contributed by atoms with Crippen molar-refractivity contribution in [1.29, 1.82) is 0 Å². The van der Waals surface area contributed by atoms with E-state index in [9.17, 15) is 29.3 Å². The van der Waals surface area contributed by atoms with Gasteiger partial charge in [-0.25, -0.2) is 0 Å². The first-order valence-electron chi connectivity index (χ1n) is 9.84. The Labute approximate surface area is 183 Å². The number of ether oxygens (including phenoxy) is 1. The summed E-state index contributed by atoms with van der Waals surface area (Å²) in [6.07, 6.45) is -0.450. The van der Waals surface area contributed by atoms with Crippen molar-refractivity contribution in [3.05, 3.63) is 69.3 Å². The Morgan fingerprint density at radius 2 is 1.91 bits per heavy atom. The number of nitrogens with one attached hydrogen (secondary N) is 1. The highest BCUT2D eigenvalue weighted by atomic mass is 16.6. The fourth-order valence-electron chi connectivity index (χ4n) is 3.42. The number of nitrogens with zero attached hydrogens (tertiary/aromatic N) is 2. The molecule has 1 atom stereocenters. The largest absolute Gasteiger partial charge is 0.453 e. The van der Waals surface area contributed by atoms with Crippen molar-refractivity contribution in [2.45, 2.75) is 26.4 Å². The van der Waals surface area contributed by atoms with Gasteiger partial charge in [-0.1, -0.05) is 6.07 Å². The van der Waals surface area contributed by atoms with Crippen LogP contribution in [0.3, 0.4) is 0 Å². The normalized spacial score (nSPS) is 13.1. The summed E-state index contributed by atoms with van der Waals surface area (Å²) in [6.45, 7) is 2.96. The molecule has 2 aromatic carbocycles. The summed E-state index contributed by atoms with van der Waals surface area (Å²) in [5.74, 6) is -1.99. The second-order valence-electron chi connectivity index (χ2n) is 7.25. The fraction of sp³-hybridized carbons (Fsp3) is 0.273. The van der Waals surface area contributed by atoms with E-state index in [4.69, 9.17) is 4.74 Å².